The Morgan fingerprint density at radius 3 is 2.58 bits per heavy atom. The van der Waals surface area contributed by atoms with Gasteiger partial charge in [0.05, 0.1) is 5.56 Å². The van der Waals surface area contributed by atoms with Crippen LogP contribution < -0.4 is 45.9 Å². The van der Waals surface area contributed by atoms with Crippen molar-refractivity contribution in [3.05, 3.63) is 50.5 Å². The number of aromatic nitrogens is 2. The molecule has 0 spiro atoms. The number of rotatable bonds is 1. The van der Waals surface area contributed by atoms with Gasteiger partial charge in [-0.15, -0.1) is 11.3 Å². The van der Waals surface area contributed by atoms with Gasteiger partial charge >= 0.3 is 35.2 Å². The molecule has 19 heavy (non-hydrogen) atoms. The van der Waals surface area contributed by atoms with E-state index in [0.29, 0.717) is 5.56 Å². The van der Waals surface area contributed by atoms with Gasteiger partial charge in [0.1, 0.15) is 0 Å². The van der Waals surface area contributed by atoms with E-state index in [9.17, 15) is 14.7 Å². The minimum absolute atomic E-state index is 0. The molecule has 5 nitrogen and oxygen atoms in total. The van der Waals surface area contributed by atoms with Gasteiger partial charge in [-0.25, -0.2) is 4.79 Å². The van der Waals surface area contributed by atoms with E-state index in [4.69, 9.17) is 0 Å². The molecule has 2 heterocycles. The summed E-state index contributed by atoms with van der Waals surface area (Å²) in [5.74, 6) is -0.660. The van der Waals surface area contributed by atoms with Crippen LogP contribution in [0.25, 0.3) is 21.2 Å². The van der Waals surface area contributed by atoms with E-state index in [0.717, 1.165) is 10.1 Å². The average molecular weight is 282 g/mol. The van der Waals surface area contributed by atoms with Crippen LogP contribution in [0, 0.1) is 0 Å². The molecule has 3 aromatic rings. The fraction of sp³-hybridized carbons (Fsp3) is 0. The summed E-state index contributed by atoms with van der Waals surface area (Å²) in [6, 6.07) is 7.47. The number of H-pyrrole nitrogens is 2. The molecular formula is C12H7N2NaO3S. The van der Waals surface area contributed by atoms with Crippen LogP contribution in [0.4, 0.5) is 0 Å². The zero-order valence-corrected chi connectivity index (χ0v) is 12.8. The Kier molecular flexibility index (Phi) is 3.96. The number of fused-ring (bicyclic) bond motifs is 1. The zero-order valence-electron chi connectivity index (χ0n) is 10.0. The molecule has 1 aromatic carbocycles. The molecule has 0 radical (unpaired) electrons. The first-order chi connectivity index (χ1) is 8.66. The second-order valence-corrected chi connectivity index (χ2v) is 4.67. The Morgan fingerprint density at radius 2 is 1.84 bits per heavy atom. The molecule has 0 saturated heterocycles. The third-order valence-corrected chi connectivity index (χ3v) is 3.62. The van der Waals surface area contributed by atoms with E-state index in [2.05, 4.69) is 9.97 Å². The van der Waals surface area contributed by atoms with Crippen LogP contribution in [-0.4, -0.2) is 9.97 Å². The van der Waals surface area contributed by atoms with Crippen LogP contribution in [-0.2, 0) is 0 Å². The van der Waals surface area contributed by atoms with Crippen LogP contribution in [0.3, 0.4) is 0 Å². The number of thiophene rings is 1. The van der Waals surface area contributed by atoms with Crippen molar-refractivity contribution >= 4 is 21.4 Å². The quantitative estimate of drug-likeness (QED) is 0.507. The molecule has 0 aliphatic carbocycles. The summed E-state index contributed by atoms with van der Waals surface area (Å²) in [5.41, 5.74) is -0.911. The zero-order chi connectivity index (χ0) is 12.7. The van der Waals surface area contributed by atoms with Crippen LogP contribution in [0.2, 0.25) is 0 Å². The van der Waals surface area contributed by atoms with E-state index >= 15 is 0 Å². The van der Waals surface area contributed by atoms with E-state index in [1.54, 1.807) is 5.38 Å². The molecular weight excluding hydrogens is 275 g/mol. The summed E-state index contributed by atoms with van der Waals surface area (Å²) >= 11 is 1.45. The van der Waals surface area contributed by atoms with Gasteiger partial charge < -0.3 is 10.1 Å². The van der Waals surface area contributed by atoms with Crippen molar-refractivity contribution < 1.29 is 34.7 Å². The van der Waals surface area contributed by atoms with Crippen LogP contribution in [0.15, 0.2) is 39.2 Å². The smallest absolute Gasteiger partial charge is 0.860 e. The predicted molar refractivity (Wildman–Crippen MR) is 67.9 cm³/mol. The molecule has 0 amide bonds. The maximum Gasteiger partial charge on any atom is 1.00 e. The van der Waals surface area contributed by atoms with Crippen molar-refractivity contribution in [1.29, 1.82) is 0 Å². The molecule has 0 atom stereocenters. The van der Waals surface area contributed by atoms with E-state index in [-0.39, 0.29) is 35.1 Å². The third-order valence-electron chi connectivity index (χ3n) is 2.66. The van der Waals surface area contributed by atoms with Gasteiger partial charge in [-0.2, -0.15) is 0 Å². The molecule has 0 aliphatic rings. The molecule has 3 rings (SSSR count). The Balaban J connectivity index is 0.00000133. The second kappa shape index (κ2) is 5.34. The van der Waals surface area contributed by atoms with Gasteiger partial charge in [0, 0.05) is 21.0 Å². The van der Waals surface area contributed by atoms with Crippen LogP contribution in [0.1, 0.15) is 0 Å². The van der Waals surface area contributed by atoms with Crippen molar-refractivity contribution in [2.45, 2.75) is 0 Å². The number of hydrogen-bond donors (Lipinski definition) is 2. The molecule has 0 aliphatic heterocycles. The van der Waals surface area contributed by atoms with E-state index < -0.39 is 17.1 Å². The topological polar surface area (TPSA) is 88.8 Å². The van der Waals surface area contributed by atoms with Gasteiger partial charge in [-0.05, 0) is 11.9 Å². The number of benzene rings is 1. The first kappa shape index (κ1) is 14.1. The largest absolute Gasteiger partial charge is 1.00 e. The van der Waals surface area contributed by atoms with Gasteiger partial charge in [0.2, 0.25) is 0 Å². The summed E-state index contributed by atoms with van der Waals surface area (Å²) in [5, 5.41) is 14.3. The maximum atomic E-state index is 11.7. The van der Waals surface area contributed by atoms with E-state index in [1.165, 1.54) is 11.3 Å². The molecule has 2 aromatic heterocycles. The standard InChI is InChI=1S/C12H8N2O3S.Na/c15-10-9(11(16)14-12(17)13-10)7-5-18-8-4-2-1-3-6(7)8;/h1-5H,(H3,13,14,15,16,17);/q;+1/p-1. The van der Waals surface area contributed by atoms with Crippen LogP contribution in [0.5, 0.6) is 5.88 Å². The Bertz CT molecular complexity index is 850. The molecule has 0 saturated carbocycles. The first-order valence-electron chi connectivity index (χ1n) is 5.17. The summed E-state index contributed by atoms with van der Waals surface area (Å²) in [6.07, 6.45) is 0. The van der Waals surface area contributed by atoms with Crippen molar-refractivity contribution in [3.8, 4) is 17.0 Å². The SMILES string of the molecule is O=c1[nH]c([O-])c(-c2csc3ccccc23)c(=O)[nH]1.[Na+]. The van der Waals surface area contributed by atoms with E-state index in [1.807, 2.05) is 24.3 Å². The molecule has 90 valence electrons. The summed E-state index contributed by atoms with van der Waals surface area (Å²) in [7, 11) is 0. The number of nitrogens with one attached hydrogen (secondary N) is 2. The minimum Gasteiger partial charge on any atom is -0.860 e. The van der Waals surface area contributed by atoms with Crippen LogP contribution >= 0.6 is 11.3 Å². The first-order valence-corrected chi connectivity index (χ1v) is 6.05. The van der Waals surface area contributed by atoms with Crippen molar-refractivity contribution in [2.24, 2.45) is 0 Å². The minimum atomic E-state index is -0.784. The fourth-order valence-electron chi connectivity index (χ4n) is 1.88. The normalized spacial score (nSPS) is 10.3. The Labute approximate surface area is 133 Å². The Hall–Kier alpha value is -1.34. The molecule has 7 heteroatoms. The summed E-state index contributed by atoms with van der Waals surface area (Å²) in [6.45, 7) is 0. The maximum absolute atomic E-state index is 11.7. The number of hydrogen-bond acceptors (Lipinski definition) is 4. The predicted octanol–water partition coefficient (Wildman–Crippen LogP) is -1.98. The Morgan fingerprint density at radius 1 is 1.11 bits per heavy atom. The number of aromatic amines is 2. The second-order valence-electron chi connectivity index (χ2n) is 3.76. The molecule has 0 unspecified atom stereocenters. The molecule has 0 fully saturated rings. The summed E-state index contributed by atoms with van der Waals surface area (Å²) < 4.78 is 0.984. The third kappa shape index (κ3) is 2.40. The average Bonchev–Trinajstić information content (AvgIpc) is 2.72. The van der Waals surface area contributed by atoms with Gasteiger partial charge in [-0.3, -0.25) is 9.78 Å². The van der Waals surface area contributed by atoms with Gasteiger partial charge in [-0.1, -0.05) is 18.2 Å². The van der Waals surface area contributed by atoms with Gasteiger partial charge in [0.15, 0.2) is 0 Å². The van der Waals surface area contributed by atoms with Crippen molar-refractivity contribution in [2.75, 3.05) is 0 Å². The molecule has 2 N–H and O–H groups in total. The fourth-order valence-corrected chi connectivity index (χ4v) is 2.83. The monoisotopic (exact) mass is 282 g/mol. The molecule has 0 bridgehead atoms. The van der Waals surface area contributed by atoms with Crippen molar-refractivity contribution in [1.82, 2.24) is 9.97 Å². The summed E-state index contributed by atoms with van der Waals surface area (Å²) in [4.78, 5) is 26.9. The van der Waals surface area contributed by atoms with Crippen molar-refractivity contribution in [3.63, 3.8) is 0 Å². The van der Waals surface area contributed by atoms with Gasteiger partial charge in [0.25, 0.3) is 5.56 Å².